The average molecular weight is 353 g/mol. The van der Waals surface area contributed by atoms with Gasteiger partial charge in [0.15, 0.2) is 11.6 Å². The van der Waals surface area contributed by atoms with Crippen molar-refractivity contribution in [3.05, 3.63) is 76.6 Å². The molecular formula is C19H13ClN2OS. The van der Waals surface area contributed by atoms with Gasteiger partial charge in [0, 0.05) is 10.6 Å². The Morgan fingerprint density at radius 3 is 2.58 bits per heavy atom. The van der Waals surface area contributed by atoms with Gasteiger partial charge in [-0.3, -0.25) is 4.79 Å². The summed E-state index contributed by atoms with van der Waals surface area (Å²) in [4.78, 5) is 18.5. The summed E-state index contributed by atoms with van der Waals surface area (Å²) in [5, 5.41) is 2.64. The van der Waals surface area contributed by atoms with Crippen LogP contribution in [0.2, 0.25) is 5.02 Å². The number of nitrogens with zero attached hydrogens (tertiary/aromatic N) is 2. The molecule has 0 bridgehead atoms. The second-order valence-corrected chi connectivity index (χ2v) is 6.80. The number of fused-ring (bicyclic) bond motifs is 1. The zero-order valence-electron chi connectivity index (χ0n) is 12.6. The molecule has 2 aromatic carbocycles. The van der Waals surface area contributed by atoms with Crippen LogP contribution in [0.3, 0.4) is 0 Å². The Hall–Kier alpha value is -2.43. The van der Waals surface area contributed by atoms with Crippen LogP contribution in [-0.4, -0.2) is 15.3 Å². The van der Waals surface area contributed by atoms with Gasteiger partial charge < -0.3 is 4.57 Å². The first-order chi connectivity index (χ1) is 11.7. The highest BCUT2D eigenvalue weighted by Gasteiger charge is 2.16. The molecule has 118 valence electrons. The lowest BCUT2D eigenvalue weighted by atomic mass is 10.1. The summed E-state index contributed by atoms with van der Waals surface area (Å²) >= 11 is 7.52. The van der Waals surface area contributed by atoms with Crippen molar-refractivity contribution in [1.29, 1.82) is 0 Å². The summed E-state index contributed by atoms with van der Waals surface area (Å²) in [5.41, 5.74) is 2.50. The average Bonchev–Trinajstić information content (AvgIpc) is 3.23. The van der Waals surface area contributed by atoms with Gasteiger partial charge in [0.2, 0.25) is 0 Å². The van der Waals surface area contributed by atoms with Crippen LogP contribution in [0.4, 0.5) is 0 Å². The van der Waals surface area contributed by atoms with Crippen molar-refractivity contribution in [2.75, 3.05) is 0 Å². The maximum absolute atomic E-state index is 12.7. The number of hydrogen-bond donors (Lipinski definition) is 0. The summed E-state index contributed by atoms with van der Waals surface area (Å²) in [5.74, 6) is 0.862. The van der Waals surface area contributed by atoms with Crippen LogP contribution in [0.5, 0.6) is 0 Å². The molecular weight excluding hydrogens is 340 g/mol. The molecule has 5 heteroatoms. The molecule has 0 saturated carbocycles. The molecule has 2 aromatic heterocycles. The van der Waals surface area contributed by atoms with Crippen molar-refractivity contribution in [3.63, 3.8) is 0 Å². The summed E-state index contributed by atoms with van der Waals surface area (Å²) < 4.78 is 1.98. The fourth-order valence-electron chi connectivity index (χ4n) is 2.70. The number of para-hydroxylation sites is 2. The van der Waals surface area contributed by atoms with E-state index in [-0.39, 0.29) is 12.3 Å². The lowest BCUT2D eigenvalue weighted by Crippen LogP contribution is -2.11. The highest BCUT2D eigenvalue weighted by Crippen LogP contribution is 2.28. The Kier molecular flexibility index (Phi) is 3.92. The quantitative estimate of drug-likeness (QED) is 0.467. The van der Waals surface area contributed by atoms with Crippen LogP contribution < -0.4 is 0 Å². The van der Waals surface area contributed by atoms with E-state index in [4.69, 9.17) is 16.6 Å². The molecule has 0 unspecified atom stereocenters. The number of benzene rings is 2. The van der Waals surface area contributed by atoms with Gasteiger partial charge in [0.05, 0.1) is 22.5 Å². The van der Waals surface area contributed by atoms with Gasteiger partial charge in [-0.05, 0) is 47.8 Å². The van der Waals surface area contributed by atoms with Gasteiger partial charge in [0.1, 0.15) is 0 Å². The van der Waals surface area contributed by atoms with E-state index in [0.29, 0.717) is 10.6 Å². The zero-order valence-corrected chi connectivity index (χ0v) is 14.2. The highest BCUT2D eigenvalue weighted by molar-refractivity contribution is 7.13. The van der Waals surface area contributed by atoms with E-state index in [1.807, 2.05) is 46.3 Å². The normalized spacial score (nSPS) is 11.0. The van der Waals surface area contributed by atoms with Gasteiger partial charge in [-0.15, -0.1) is 11.3 Å². The number of hydrogen-bond acceptors (Lipinski definition) is 3. The van der Waals surface area contributed by atoms with Crippen molar-refractivity contribution in [2.45, 2.75) is 6.54 Å². The number of carbonyl (C=O) groups is 1. The van der Waals surface area contributed by atoms with Gasteiger partial charge in [-0.2, -0.15) is 0 Å². The number of halogens is 1. The monoisotopic (exact) mass is 352 g/mol. The molecule has 24 heavy (non-hydrogen) atoms. The van der Waals surface area contributed by atoms with Crippen LogP contribution in [0.25, 0.3) is 21.7 Å². The number of imidazole rings is 1. The minimum Gasteiger partial charge on any atom is -0.315 e. The maximum Gasteiger partial charge on any atom is 0.182 e. The number of thiophene rings is 1. The zero-order chi connectivity index (χ0) is 16.5. The third kappa shape index (κ3) is 2.75. The predicted molar refractivity (Wildman–Crippen MR) is 98.8 cm³/mol. The number of Topliss-reactive ketones (excluding diaryl/α,β-unsaturated/α-hetero) is 1. The summed E-state index contributed by atoms with van der Waals surface area (Å²) in [6.45, 7) is 0.245. The lowest BCUT2D eigenvalue weighted by molar-refractivity contribution is 0.0974. The molecule has 0 N–H and O–H groups in total. The largest absolute Gasteiger partial charge is 0.315 e. The van der Waals surface area contributed by atoms with Crippen molar-refractivity contribution < 1.29 is 4.79 Å². The van der Waals surface area contributed by atoms with Crippen molar-refractivity contribution >= 4 is 39.8 Å². The summed E-state index contributed by atoms with van der Waals surface area (Å²) in [6, 6.07) is 18.9. The Morgan fingerprint density at radius 1 is 1.04 bits per heavy atom. The molecule has 0 radical (unpaired) electrons. The van der Waals surface area contributed by atoms with Crippen molar-refractivity contribution in [2.24, 2.45) is 0 Å². The van der Waals surface area contributed by atoms with E-state index in [1.54, 1.807) is 35.6 Å². The first-order valence-corrected chi connectivity index (χ1v) is 8.76. The minimum absolute atomic E-state index is 0.0348. The number of aromatic nitrogens is 2. The molecule has 4 rings (SSSR count). The summed E-state index contributed by atoms with van der Waals surface area (Å²) in [7, 11) is 0. The third-order valence-electron chi connectivity index (χ3n) is 3.86. The van der Waals surface area contributed by atoms with E-state index in [2.05, 4.69) is 0 Å². The van der Waals surface area contributed by atoms with Crippen molar-refractivity contribution in [1.82, 2.24) is 9.55 Å². The molecule has 0 aliphatic rings. The SMILES string of the molecule is O=C(Cn1c(-c2cccs2)nc2ccccc21)c1ccc(Cl)cc1. The smallest absolute Gasteiger partial charge is 0.182 e. The topological polar surface area (TPSA) is 34.9 Å². The first kappa shape index (κ1) is 15.1. The van der Waals surface area contributed by atoms with Crippen LogP contribution in [0, 0.1) is 0 Å². The molecule has 0 spiro atoms. The number of carbonyl (C=O) groups excluding carboxylic acids is 1. The van der Waals surface area contributed by atoms with E-state index < -0.39 is 0 Å². The minimum atomic E-state index is 0.0348. The van der Waals surface area contributed by atoms with Gasteiger partial charge in [0.25, 0.3) is 0 Å². The standard InChI is InChI=1S/C19H13ClN2OS/c20-14-9-7-13(8-10-14)17(23)12-22-16-5-2-1-4-15(16)21-19(22)18-6-3-11-24-18/h1-11H,12H2. The van der Waals surface area contributed by atoms with Crippen LogP contribution >= 0.6 is 22.9 Å². The second-order valence-electron chi connectivity index (χ2n) is 5.42. The van der Waals surface area contributed by atoms with Crippen LogP contribution in [-0.2, 0) is 6.54 Å². The predicted octanol–water partition coefficient (Wildman–Crippen LogP) is 5.30. The second kappa shape index (κ2) is 6.23. The fraction of sp³-hybridized carbons (Fsp3) is 0.0526. The molecule has 0 saturated heterocycles. The highest BCUT2D eigenvalue weighted by atomic mass is 35.5. The van der Waals surface area contributed by atoms with Crippen molar-refractivity contribution in [3.8, 4) is 10.7 Å². The molecule has 0 aliphatic carbocycles. The maximum atomic E-state index is 12.7. The van der Waals surface area contributed by atoms with E-state index in [1.165, 1.54) is 0 Å². The van der Waals surface area contributed by atoms with Gasteiger partial charge in [-0.1, -0.05) is 29.8 Å². The number of ketones is 1. The Balaban J connectivity index is 1.79. The number of rotatable bonds is 4. The third-order valence-corrected chi connectivity index (χ3v) is 4.98. The van der Waals surface area contributed by atoms with E-state index in [0.717, 1.165) is 21.7 Å². The molecule has 2 heterocycles. The Bertz CT molecular complexity index is 1000. The van der Waals surface area contributed by atoms with Crippen LogP contribution in [0.15, 0.2) is 66.0 Å². The lowest BCUT2D eigenvalue weighted by Gasteiger charge is -2.08. The van der Waals surface area contributed by atoms with E-state index >= 15 is 0 Å². The first-order valence-electron chi connectivity index (χ1n) is 7.50. The van der Waals surface area contributed by atoms with Crippen LogP contribution in [0.1, 0.15) is 10.4 Å². The summed E-state index contributed by atoms with van der Waals surface area (Å²) in [6.07, 6.45) is 0. The van der Waals surface area contributed by atoms with E-state index in [9.17, 15) is 4.79 Å². The molecule has 3 nitrogen and oxygen atoms in total. The molecule has 0 fully saturated rings. The fourth-order valence-corrected chi connectivity index (χ4v) is 3.55. The molecule has 0 aliphatic heterocycles. The Morgan fingerprint density at radius 2 is 1.83 bits per heavy atom. The van der Waals surface area contributed by atoms with Gasteiger partial charge in [-0.25, -0.2) is 4.98 Å². The molecule has 0 atom stereocenters. The molecule has 0 amide bonds. The molecule has 4 aromatic rings. The van der Waals surface area contributed by atoms with Gasteiger partial charge >= 0.3 is 0 Å². The Labute approximate surface area is 148 Å².